The van der Waals surface area contributed by atoms with E-state index in [1.807, 2.05) is 18.3 Å². The highest BCUT2D eigenvalue weighted by Gasteiger charge is 2.23. The second-order valence-corrected chi connectivity index (χ2v) is 6.86. The summed E-state index contributed by atoms with van der Waals surface area (Å²) in [4.78, 5) is 10.8. The van der Waals surface area contributed by atoms with E-state index in [4.69, 9.17) is 16.3 Å². The molecule has 1 fully saturated rings. The van der Waals surface area contributed by atoms with Crippen LogP contribution in [0.25, 0.3) is 6.08 Å². The molecule has 0 aliphatic heterocycles. The van der Waals surface area contributed by atoms with Crippen molar-refractivity contribution in [3.8, 4) is 5.75 Å². The SMILES string of the molecule is CC(=O)NC/C=C/c1cnn(Cc2cc(F)c(OCC3CC3)c(Cl)c2)c1. The van der Waals surface area contributed by atoms with Crippen LogP contribution in [0.1, 0.15) is 30.9 Å². The molecule has 3 rings (SSSR count). The first kappa shape index (κ1) is 18.5. The number of carbonyl (C=O) groups is 1. The van der Waals surface area contributed by atoms with Crippen LogP contribution in [0.15, 0.2) is 30.6 Å². The first-order chi connectivity index (χ1) is 12.5. The third kappa shape index (κ3) is 5.33. The van der Waals surface area contributed by atoms with E-state index >= 15 is 0 Å². The van der Waals surface area contributed by atoms with Gasteiger partial charge in [0.05, 0.1) is 24.4 Å². The summed E-state index contributed by atoms with van der Waals surface area (Å²) >= 11 is 6.18. The highest BCUT2D eigenvalue weighted by Crippen LogP contribution is 2.34. The van der Waals surface area contributed by atoms with Crippen molar-refractivity contribution in [2.24, 2.45) is 5.92 Å². The molecule has 1 amide bonds. The molecule has 1 aromatic carbocycles. The number of nitrogens with zero attached hydrogens (tertiary/aromatic N) is 2. The summed E-state index contributed by atoms with van der Waals surface area (Å²) in [7, 11) is 0. The zero-order valence-corrected chi connectivity index (χ0v) is 15.3. The Hall–Kier alpha value is -2.34. The van der Waals surface area contributed by atoms with Crippen molar-refractivity contribution in [2.75, 3.05) is 13.2 Å². The van der Waals surface area contributed by atoms with E-state index < -0.39 is 5.82 Å². The van der Waals surface area contributed by atoms with Crippen LogP contribution in [0.2, 0.25) is 5.02 Å². The second-order valence-electron chi connectivity index (χ2n) is 6.45. The molecule has 1 N–H and O–H groups in total. The van der Waals surface area contributed by atoms with Gasteiger partial charge >= 0.3 is 0 Å². The van der Waals surface area contributed by atoms with E-state index in [-0.39, 0.29) is 16.7 Å². The maximum atomic E-state index is 14.3. The molecular formula is C19H21ClFN3O2. The van der Waals surface area contributed by atoms with Gasteiger partial charge in [-0.1, -0.05) is 23.8 Å². The van der Waals surface area contributed by atoms with Crippen LogP contribution in [0.3, 0.4) is 0 Å². The summed E-state index contributed by atoms with van der Waals surface area (Å²) in [6, 6.07) is 3.14. The van der Waals surface area contributed by atoms with Gasteiger partial charge in [-0.05, 0) is 36.5 Å². The second kappa shape index (κ2) is 8.36. The number of amides is 1. The summed E-state index contributed by atoms with van der Waals surface area (Å²) in [5.41, 5.74) is 1.61. The van der Waals surface area contributed by atoms with Gasteiger partial charge in [0.15, 0.2) is 11.6 Å². The first-order valence-corrected chi connectivity index (χ1v) is 8.93. The van der Waals surface area contributed by atoms with Gasteiger partial charge in [0.25, 0.3) is 0 Å². The number of halogens is 2. The summed E-state index contributed by atoms with van der Waals surface area (Å²) in [5.74, 6) is 0.139. The molecule has 0 spiro atoms. The Morgan fingerprint density at radius 3 is 3.00 bits per heavy atom. The zero-order chi connectivity index (χ0) is 18.5. The number of ether oxygens (including phenoxy) is 1. The van der Waals surface area contributed by atoms with E-state index in [1.54, 1.807) is 16.9 Å². The highest BCUT2D eigenvalue weighted by molar-refractivity contribution is 6.32. The number of rotatable bonds is 8. The maximum Gasteiger partial charge on any atom is 0.217 e. The number of carbonyl (C=O) groups excluding carboxylic acids is 1. The minimum Gasteiger partial charge on any atom is -0.489 e. The van der Waals surface area contributed by atoms with Gasteiger partial charge in [0, 0.05) is 25.2 Å². The highest BCUT2D eigenvalue weighted by atomic mass is 35.5. The smallest absolute Gasteiger partial charge is 0.217 e. The number of hydrogen-bond donors (Lipinski definition) is 1. The van der Waals surface area contributed by atoms with Crippen molar-refractivity contribution in [3.63, 3.8) is 0 Å². The van der Waals surface area contributed by atoms with Crippen LogP contribution < -0.4 is 10.1 Å². The van der Waals surface area contributed by atoms with Gasteiger partial charge in [-0.2, -0.15) is 5.10 Å². The van der Waals surface area contributed by atoms with Crippen molar-refractivity contribution < 1.29 is 13.9 Å². The Balaban J connectivity index is 1.60. The molecule has 2 aromatic rings. The van der Waals surface area contributed by atoms with Crippen LogP contribution >= 0.6 is 11.6 Å². The molecule has 26 heavy (non-hydrogen) atoms. The van der Waals surface area contributed by atoms with Crippen molar-refractivity contribution in [1.82, 2.24) is 15.1 Å². The molecule has 138 valence electrons. The Morgan fingerprint density at radius 1 is 1.50 bits per heavy atom. The Labute approximate surface area is 156 Å². The summed E-state index contributed by atoms with van der Waals surface area (Å²) in [6.45, 7) is 2.85. The number of benzene rings is 1. The van der Waals surface area contributed by atoms with Crippen LogP contribution in [0.4, 0.5) is 4.39 Å². The average Bonchev–Trinajstić information content (AvgIpc) is 3.29. The molecule has 0 bridgehead atoms. The first-order valence-electron chi connectivity index (χ1n) is 8.55. The molecule has 1 aliphatic rings. The number of aromatic nitrogens is 2. The van der Waals surface area contributed by atoms with E-state index in [0.29, 0.717) is 31.2 Å². The molecule has 0 radical (unpaired) electrons. The minimum absolute atomic E-state index is 0.0752. The van der Waals surface area contributed by atoms with Crippen LogP contribution in [0, 0.1) is 11.7 Å². The predicted octanol–water partition coefficient (Wildman–Crippen LogP) is 3.66. The molecular weight excluding hydrogens is 357 g/mol. The standard InChI is InChI=1S/C19H21ClFN3O2/c1-13(25)22-6-2-3-15-9-23-24(10-15)11-16-7-17(20)19(18(21)8-16)26-12-14-4-5-14/h2-3,7-10,14H,4-6,11-12H2,1H3,(H,22,25)/b3-2+. The van der Waals surface area contributed by atoms with Crippen molar-refractivity contribution in [3.05, 3.63) is 52.6 Å². The van der Waals surface area contributed by atoms with Gasteiger partial charge in [0.1, 0.15) is 0 Å². The summed E-state index contributed by atoms with van der Waals surface area (Å²) in [6.07, 6.45) is 9.52. The Bertz CT molecular complexity index is 792. The molecule has 7 heteroatoms. The zero-order valence-electron chi connectivity index (χ0n) is 14.5. The van der Waals surface area contributed by atoms with Crippen molar-refractivity contribution >= 4 is 23.6 Å². The summed E-state index contributed by atoms with van der Waals surface area (Å²) < 4.78 is 21.5. The average molecular weight is 378 g/mol. The third-order valence-corrected chi connectivity index (χ3v) is 4.28. The lowest BCUT2D eigenvalue weighted by Crippen LogP contribution is -2.19. The molecule has 0 atom stereocenters. The lowest BCUT2D eigenvalue weighted by Gasteiger charge is -2.11. The molecule has 0 unspecified atom stereocenters. The topological polar surface area (TPSA) is 56.2 Å². The van der Waals surface area contributed by atoms with Crippen LogP contribution in [-0.4, -0.2) is 28.8 Å². The van der Waals surface area contributed by atoms with Gasteiger partial charge in [-0.3, -0.25) is 9.48 Å². The lowest BCUT2D eigenvalue weighted by atomic mass is 10.2. The molecule has 1 aromatic heterocycles. The van der Waals surface area contributed by atoms with Crippen molar-refractivity contribution in [1.29, 1.82) is 0 Å². The third-order valence-electron chi connectivity index (χ3n) is 4.00. The van der Waals surface area contributed by atoms with Gasteiger partial charge in [-0.15, -0.1) is 0 Å². The fourth-order valence-electron chi connectivity index (χ4n) is 2.46. The molecule has 5 nitrogen and oxygen atoms in total. The predicted molar refractivity (Wildman–Crippen MR) is 98.7 cm³/mol. The van der Waals surface area contributed by atoms with Gasteiger partial charge in [0.2, 0.25) is 5.91 Å². The van der Waals surface area contributed by atoms with E-state index in [1.165, 1.54) is 13.0 Å². The molecule has 0 saturated heterocycles. The number of hydrogen-bond acceptors (Lipinski definition) is 3. The fraction of sp³-hybridized carbons (Fsp3) is 0.368. The minimum atomic E-state index is -0.448. The number of nitrogens with one attached hydrogen (secondary N) is 1. The van der Waals surface area contributed by atoms with E-state index in [9.17, 15) is 9.18 Å². The molecule has 1 heterocycles. The Morgan fingerprint density at radius 2 is 2.31 bits per heavy atom. The van der Waals surface area contributed by atoms with Gasteiger partial charge < -0.3 is 10.1 Å². The lowest BCUT2D eigenvalue weighted by molar-refractivity contribution is -0.118. The normalized spacial score (nSPS) is 14.0. The van der Waals surface area contributed by atoms with E-state index in [2.05, 4.69) is 10.4 Å². The Kier molecular flexibility index (Phi) is 5.93. The monoisotopic (exact) mass is 377 g/mol. The largest absolute Gasteiger partial charge is 0.489 e. The summed E-state index contributed by atoms with van der Waals surface area (Å²) in [5, 5.41) is 7.22. The molecule has 1 saturated carbocycles. The fourth-order valence-corrected chi connectivity index (χ4v) is 2.75. The molecule has 1 aliphatic carbocycles. The van der Waals surface area contributed by atoms with Crippen LogP contribution in [0.5, 0.6) is 5.75 Å². The maximum absolute atomic E-state index is 14.3. The van der Waals surface area contributed by atoms with E-state index in [0.717, 1.165) is 18.4 Å². The van der Waals surface area contributed by atoms with Crippen LogP contribution in [-0.2, 0) is 11.3 Å². The van der Waals surface area contributed by atoms with Gasteiger partial charge in [-0.25, -0.2) is 4.39 Å². The quantitative estimate of drug-likeness (QED) is 0.763. The van der Waals surface area contributed by atoms with Crippen molar-refractivity contribution in [2.45, 2.75) is 26.3 Å².